The molecular weight excluding hydrogens is 212 g/mol. The Bertz CT molecular complexity index is 337. The first kappa shape index (κ1) is 14.0. The van der Waals surface area contributed by atoms with Crippen molar-refractivity contribution >= 4 is 0 Å². The first-order valence-corrected chi connectivity index (χ1v) is 6.11. The Hall–Kier alpha value is -1.06. The van der Waals surface area contributed by atoms with Gasteiger partial charge in [-0.05, 0) is 39.9 Å². The van der Waals surface area contributed by atoms with E-state index >= 15 is 0 Å². The van der Waals surface area contributed by atoms with Gasteiger partial charge in [0.2, 0.25) is 0 Å². The number of rotatable bonds is 6. The summed E-state index contributed by atoms with van der Waals surface area (Å²) < 4.78 is 5.43. The molecule has 0 amide bonds. The molecule has 3 nitrogen and oxygen atoms in total. The van der Waals surface area contributed by atoms with Crippen molar-refractivity contribution in [3.8, 4) is 5.75 Å². The van der Waals surface area contributed by atoms with E-state index in [-0.39, 0.29) is 6.04 Å². The first-order valence-electron chi connectivity index (χ1n) is 6.11. The Morgan fingerprint density at radius 1 is 1.24 bits per heavy atom. The van der Waals surface area contributed by atoms with E-state index < -0.39 is 0 Å². The minimum atomic E-state index is 0.243. The second-order valence-corrected chi connectivity index (χ2v) is 4.78. The maximum atomic E-state index is 5.84. The van der Waals surface area contributed by atoms with Gasteiger partial charge in [0, 0.05) is 17.6 Å². The molecule has 0 aliphatic carbocycles. The molecule has 1 aromatic carbocycles. The van der Waals surface area contributed by atoms with Crippen LogP contribution in [0.25, 0.3) is 0 Å². The van der Waals surface area contributed by atoms with Crippen molar-refractivity contribution in [1.29, 1.82) is 0 Å². The van der Waals surface area contributed by atoms with E-state index in [1.165, 1.54) is 5.56 Å². The van der Waals surface area contributed by atoms with Gasteiger partial charge < -0.3 is 15.4 Å². The van der Waals surface area contributed by atoms with Gasteiger partial charge in [0.05, 0.1) is 7.11 Å². The average molecular weight is 236 g/mol. The van der Waals surface area contributed by atoms with Gasteiger partial charge in [-0.3, -0.25) is 0 Å². The number of para-hydroxylation sites is 1. The number of hydrogen-bond acceptors (Lipinski definition) is 3. The van der Waals surface area contributed by atoms with E-state index in [9.17, 15) is 0 Å². The minimum absolute atomic E-state index is 0.243. The summed E-state index contributed by atoms with van der Waals surface area (Å²) in [5.41, 5.74) is 7.08. The number of ether oxygens (including phenoxy) is 1. The second-order valence-electron chi connectivity index (χ2n) is 4.78. The summed E-state index contributed by atoms with van der Waals surface area (Å²) in [6.07, 6.45) is 2.06. The molecule has 0 heterocycles. The lowest BCUT2D eigenvalue weighted by atomic mass is 9.98. The molecule has 0 bridgehead atoms. The van der Waals surface area contributed by atoms with Gasteiger partial charge in [0.15, 0.2) is 0 Å². The van der Waals surface area contributed by atoms with Gasteiger partial charge in [0.1, 0.15) is 5.75 Å². The normalized spacial score (nSPS) is 14.7. The van der Waals surface area contributed by atoms with Crippen LogP contribution in [0.4, 0.5) is 0 Å². The van der Waals surface area contributed by atoms with E-state index in [1.54, 1.807) is 7.11 Å². The summed E-state index contributed by atoms with van der Waals surface area (Å²) in [4.78, 5) is 2.22. The Morgan fingerprint density at radius 2 is 1.88 bits per heavy atom. The Kier molecular flexibility index (Phi) is 5.45. The standard InChI is InChI=1S/C14H24N2O/c1-11(15)9-10-13(16(2)3)12-7-5-6-8-14(12)17-4/h5-8,11,13H,9-10,15H2,1-4H3. The predicted molar refractivity (Wildman–Crippen MR) is 72.3 cm³/mol. The SMILES string of the molecule is COc1ccccc1C(CCC(C)N)N(C)C. The zero-order valence-corrected chi connectivity index (χ0v) is 11.3. The van der Waals surface area contributed by atoms with Crippen LogP contribution in [-0.4, -0.2) is 32.1 Å². The molecule has 0 saturated carbocycles. The molecule has 2 atom stereocenters. The first-order chi connectivity index (χ1) is 8.06. The molecule has 1 aromatic rings. The molecule has 2 N–H and O–H groups in total. The maximum Gasteiger partial charge on any atom is 0.123 e. The molecule has 0 aromatic heterocycles. The monoisotopic (exact) mass is 236 g/mol. The molecule has 1 rings (SSSR count). The van der Waals surface area contributed by atoms with Gasteiger partial charge in [0.25, 0.3) is 0 Å². The molecule has 0 spiro atoms. The molecule has 0 saturated heterocycles. The Morgan fingerprint density at radius 3 is 2.41 bits per heavy atom. The lowest BCUT2D eigenvalue weighted by Crippen LogP contribution is -2.23. The zero-order chi connectivity index (χ0) is 12.8. The van der Waals surface area contributed by atoms with E-state index in [0.717, 1.165) is 18.6 Å². The van der Waals surface area contributed by atoms with Crippen molar-refractivity contribution in [3.05, 3.63) is 29.8 Å². The number of methoxy groups -OCH3 is 1. The summed E-state index contributed by atoms with van der Waals surface area (Å²) in [6, 6.07) is 8.80. The van der Waals surface area contributed by atoms with Crippen molar-refractivity contribution in [2.24, 2.45) is 5.73 Å². The highest BCUT2D eigenvalue weighted by Gasteiger charge is 2.18. The Balaban J connectivity index is 2.89. The van der Waals surface area contributed by atoms with E-state index in [1.807, 2.05) is 12.1 Å². The number of nitrogens with zero attached hydrogens (tertiary/aromatic N) is 1. The summed E-state index contributed by atoms with van der Waals surface area (Å²) in [6.45, 7) is 2.05. The second kappa shape index (κ2) is 6.62. The van der Waals surface area contributed by atoms with Crippen molar-refractivity contribution < 1.29 is 4.74 Å². The molecule has 0 radical (unpaired) electrons. The van der Waals surface area contributed by atoms with Crippen molar-refractivity contribution in [3.63, 3.8) is 0 Å². The van der Waals surface area contributed by atoms with Crippen molar-refractivity contribution in [2.45, 2.75) is 31.8 Å². The quantitative estimate of drug-likeness (QED) is 0.824. The highest BCUT2D eigenvalue weighted by Crippen LogP contribution is 2.31. The highest BCUT2D eigenvalue weighted by atomic mass is 16.5. The van der Waals surface area contributed by atoms with Crippen molar-refractivity contribution in [1.82, 2.24) is 4.90 Å². The van der Waals surface area contributed by atoms with E-state index in [2.05, 4.69) is 38.1 Å². The zero-order valence-electron chi connectivity index (χ0n) is 11.3. The van der Waals surface area contributed by atoms with Gasteiger partial charge >= 0.3 is 0 Å². The van der Waals surface area contributed by atoms with Crippen LogP contribution < -0.4 is 10.5 Å². The molecule has 0 aliphatic heterocycles. The molecule has 2 unspecified atom stereocenters. The molecule has 0 aliphatic rings. The molecule has 0 fully saturated rings. The lowest BCUT2D eigenvalue weighted by molar-refractivity contribution is 0.266. The van der Waals surface area contributed by atoms with Gasteiger partial charge in [-0.1, -0.05) is 18.2 Å². The van der Waals surface area contributed by atoms with E-state index in [4.69, 9.17) is 10.5 Å². The van der Waals surface area contributed by atoms with Crippen LogP contribution in [0.5, 0.6) is 5.75 Å². The predicted octanol–water partition coefficient (Wildman–Crippen LogP) is 2.43. The smallest absolute Gasteiger partial charge is 0.123 e. The van der Waals surface area contributed by atoms with Crippen LogP contribution in [0, 0.1) is 0 Å². The largest absolute Gasteiger partial charge is 0.496 e. The van der Waals surface area contributed by atoms with Crippen LogP contribution in [0.3, 0.4) is 0 Å². The third-order valence-electron chi connectivity index (χ3n) is 3.02. The van der Waals surface area contributed by atoms with Crippen LogP contribution in [0.1, 0.15) is 31.4 Å². The average Bonchev–Trinajstić information content (AvgIpc) is 2.29. The van der Waals surface area contributed by atoms with Crippen LogP contribution in [0.15, 0.2) is 24.3 Å². The van der Waals surface area contributed by atoms with Crippen LogP contribution in [0.2, 0.25) is 0 Å². The maximum absolute atomic E-state index is 5.84. The minimum Gasteiger partial charge on any atom is -0.496 e. The molecule has 3 heteroatoms. The van der Waals surface area contributed by atoms with Crippen molar-refractivity contribution in [2.75, 3.05) is 21.2 Å². The highest BCUT2D eigenvalue weighted by molar-refractivity contribution is 5.35. The molecule has 17 heavy (non-hydrogen) atoms. The summed E-state index contributed by atoms with van der Waals surface area (Å²) in [5.74, 6) is 0.955. The lowest BCUT2D eigenvalue weighted by Gasteiger charge is -2.26. The fourth-order valence-corrected chi connectivity index (χ4v) is 2.05. The molecule has 96 valence electrons. The summed E-state index contributed by atoms with van der Waals surface area (Å²) >= 11 is 0. The Labute approximate surface area is 105 Å². The van der Waals surface area contributed by atoms with Gasteiger partial charge in [-0.2, -0.15) is 0 Å². The van der Waals surface area contributed by atoms with E-state index in [0.29, 0.717) is 6.04 Å². The number of hydrogen-bond donors (Lipinski definition) is 1. The van der Waals surface area contributed by atoms with Crippen LogP contribution in [-0.2, 0) is 0 Å². The number of benzene rings is 1. The fourth-order valence-electron chi connectivity index (χ4n) is 2.05. The summed E-state index contributed by atoms with van der Waals surface area (Å²) in [7, 11) is 5.91. The van der Waals surface area contributed by atoms with Crippen LogP contribution >= 0.6 is 0 Å². The fraction of sp³-hybridized carbons (Fsp3) is 0.571. The topological polar surface area (TPSA) is 38.5 Å². The summed E-state index contributed by atoms with van der Waals surface area (Å²) in [5, 5.41) is 0. The number of nitrogens with two attached hydrogens (primary N) is 1. The third-order valence-corrected chi connectivity index (χ3v) is 3.02. The third kappa shape index (κ3) is 4.02. The van der Waals surface area contributed by atoms with Gasteiger partial charge in [-0.15, -0.1) is 0 Å². The van der Waals surface area contributed by atoms with Gasteiger partial charge in [-0.25, -0.2) is 0 Å². The molecular formula is C14H24N2O.